The van der Waals surface area contributed by atoms with E-state index in [1.807, 2.05) is 24.4 Å². The van der Waals surface area contributed by atoms with Gasteiger partial charge in [-0.2, -0.15) is 0 Å². The summed E-state index contributed by atoms with van der Waals surface area (Å²) in [6.07, 6.45) is 6.98. The van der Waals surface area contributed by atoms with Crippen molar-refractivity contribution in [2.75, 3.05) is 18.8 Å². The third-order valence-electron chi connectivity index (χ3n) is 5.35. The van der Waals surface area contributed by atoms with Crippen molar-refractivity contribution in [3.05, 3.63) is 60.9 Å². The molecule has 0 aliphatic carbocycles. The number of benzene rings is 1. The monoisotopic (exact) mass is 398 g/mol. The van der Waals surface area contributed by atoms with E-state index in [0.717, 1.165) is 39.7 Å². The molecule has 30 heavy (non-hydrogen) atoms. The van der Waals surface area contributed by atoms with Crippen molar-refractivity contribution in [3.8, 4) is 11.8 Å². The smallest absolute Gasteiger partial charge is 0.246 e. The summed E-state index contributed by atoms with van der Waals surface area (Å²) in [5.74, 6) is 6.69. The highest BCUT2D eigenvalue weighted by molar-refractivity contribution is 5.92. The number of fused-ring (bicyclic) bond motifs is 2. The number of nitrogens with zero attached hydrogens (tertiary/aromatic N) is 5. The van der Waals surface area contributed by atoms with E-state index < -0.39 is 0 Å². The van der Waals surface area contributed by atoms with Crippen LogP contribution < -0.4 is 5.73 Å². The lowest BCUT2D eigenvalue weighted by molar-refractivity contribution is -0.125. The summed E-state index contributed by atoms with van der Waals surface area (Å²) in [5.41, 5.74) is 9.92. The van der Waals surface area contributed by atoms with E-state index in [-0.39, 0.29) is 11.9 Å². The van der Waals surface area contributed by atoms with Crippen LogP contribution in [0.1, 0.15) is 23.6 Å². The highest BCUT2D eigenvalue weighted by atomic mass is 16.3. The molecule has 0 saturated carbocycles. The molecular weight excluding hydrogens is 380 g/mol. The van der Waals surface area contributed by atoms with E-state index >= 15 is 0 Å². The molecule has 0 spiro atoms. The first-order valence-corrected chi connectivity index (χ1v) is 9.51. The number of amides is 1. The minimum atomic E-state index is -0.0636. The molecule has 0 unspecified atom stereocenters. The van der Waals surface area contributed by atoms with Crippen LogP contribution in [0.3, 0.4) is 0 Å². The second-order valence-corrected chi connectivity index (χ2v) is 7.12. The third kappa shape index (κ3) is 2.97. The minimum Gasteiger partial charge on any atom is -0.443 e. The van der Waals surface area contributed by atoms with Crippen LogP contribution in [0.15, 0.2) is 54.2 Å². The topological polar surface area (TPSA) is 103 Å². The third-order valence-corrected chi connectivity index (χ3v) is 5.35. The number of nitrogen functional groups attached to an aromatic ring is 1. The molecule has 8 heteroatoms. The molecule has 0 radical (unpaired) electrons. The van der Waals surface area contributed by atoms with E-state index in [4.69, 9.17) is 10.2 Å². The van der Waals surface area contributed by atoms with Gasteiger partial charge in [-0.3, -0.25) is 4.79 Å². The van der Waals surface area contributed by atoms with Crippen LogP contribution in [0.2, 0.25) is 0 Å². The summed E-state index contributed by atoms with van der Waals surface area (Å²) < 4.78 is 7.32. The fraction of sp³-hybridized carbons (Fsp3) is 0.182. The van der Waals surface area contributed by atoms with Crippen LogP contribution in [0, 0.1) is 11.8 Å². The summed E-state index contributed by atoms with van der Waals surface area (Å²) >= 11 is 0. The first kappa shape index (κ1) is 17.9. The van der Waals surface area contributed by atoms with Gasteiger partial charge in [-0.05, 0) is 30.7 Å². The van der Waals surface area contributed by atoms with E-state index in [1.54, 1.807) is 4.90 Å². The van der Waals surface area contributed by atoms with Gasteiger partial charge in [0, 0.05) is 24.8 Å². The lowest BCUT2D eigenvalue weighted by atomic mass is 10.2. The number of hydrogen-bond donors (Lipinski definition) is 1. The molecule has 0 bridgehead atoms. The average molecular weight is 398 g/mol. The lowest BCUT2D eigenvalue weighted by Gasteiger charge is -2.15. The van der Waals surface area contributed by atoms with Gasteiger partial charge in [0.1, 0.15) is 23.3 Å². The molecule has 1 fully saturated rings. The van der Waals surface area contributed by atoms with E-state index in [9.17, 15) is 4.79 Å². The van der Waals surface area contributed by atoms with Crippen molar-refractivity contribution in [1.82, 2.24) is 24.4 Å². The second-order valence-electron chi connectivity index (χ2n) is 7.12. The molecule has 1 atom stereocenters. The number of oxazole rings is 1. The Hall–Kier alpha value is -4.12. The molecule has 1 amide bonds. The fourth-order valence-corrected chi connectivity index (χ4v) is 3.85. The van der Waals surface area contributed by atoms with Gasteiger partial charge in [-0.15, -0.1) is 0 Å². The van der Waals surface area contributed by atoms with Crippen molar-refractivity contribution in [1.29, 1.82) is 0 Å². The normalized spacial score (nSPS) is 16.0. The zero-order valence-electron chi connectivity index (χ0n) is 16.1. The Labute approximate surface area is 172 Å². The van der Waals surface area contributed by atoms with Crippen LogP contribution in [-0.2, 0) is 4.79 Å². The maximum absolute atomic E-state index is 12.0. The summed E-state index contributed by atoms with van der Waals surface area (Å²) in [6, 6.07) is 5.69. The van der Waals surface area contributed by atoms with E-state index in [2.05, 4.69) is 37.9 Å². The van der Waals surface area contributed by atoms with Crippen LogP contribution in [-0.4, -0.2) is 43.4 Å². The largest absolute Gasteiger partial charge is 0.443 e. The number of rotatable bonds is 2. The molecule has 2 N–H and O–H groups in total. The highest BCUT2D eigenvalue weighted by Gasteiger charge is 2.28. The van der Waals surface area contributed by atoms with Crippen LogP contribution in [0.4, 0.5) is 5.82 Å². The summed E-state index contributed by atoms with van der Waals surface area (Å²) in [7, 11) is 0. The predicted molar refractivity (Wildman–Crippen MR) is 112 cm³/mol. The quantitative estimate of drug-likeness (QED) is 0.411. The van der Waals surface area contributed by atoms with Crippen molar-refractivity contribution in [2.45, 2.75) is 12.5 Å². The number of carbonyl (C=O) groups excluding carboxylic acids is 1. The summed E-state index contributed by atoms with van der Waals surface area (Å²) in [6.45, 7) is 4.84. The summed E-state index contributed by atoms with van der Waals surface area (Å²) in [4.78, 5) is 26.5. The molecule has 1 aliphatic heterocycles. The number of anilines is 1. The van der Waals surface area contributed by atoms with Crippen LogP contribution in [0.5, 0.6) is 0 Å². The Morgan fingerprint density at radius 1 is 1.30 bits per heavy atom. The Kier molecular flexibility index (Phi) is 4.21. The van der Waals surface area contributed by atoms with Gasteiger partial charge >= 0.3 is 0 Å². The van der Waals surface area contributed by atoms with Crippen LogP contribution in [0.25, 0.3) is 22.1 Å². The first-order chi connectivity index (χ1) is 14.6. The molecule has 1 aromatic carbocycles. The van der Waals surface area contributed by atoms with Gasteiger partial charge in [-0.1, -0.05) is 18.4 Å². The molecule has 4 heterocycles. The lowest BCUT2D eigenvalue weighted by Crippen LogP contribution is -2.27. The molecular formula is C22H18N6O2. The van der Waals surface area contributed by atoms with Gasteiger partial charge in [0.25, 0.3) is 0 Å². The summed E-state index contributed by atoms with van der Waals surface area (Å²) in [5, 5.41) is 0.723. The predicted octanol–water partition coefficient (Wildman–Crippen LogP) is 2.51. The van der Waals surface area contributed by atoms with Crippen LogP contribution >= 0.6 is 0 Å². The Morgan fingerprint density at radius 2 is 2.20 bits per heavy atom. The SMILES string of the molecule is C=CC(=O)N1CC[C@H](n2cc(C#Cc3ccc4ocnc4c3)c3c(N)ncnc32)C1. The van der Waals surface area contributed by atoms with E-state index in [1.165, 1.54) is 18.8 Å². The number of likely N-dealkylation sites (tertiary alicyclic amines) is 1. The Morgan fingerprint density at radius 3 is 3.07 bits per heavy atom. The van der Waals surface area contributed by atoms with Gasteiger partial charge in [0.2, 0.25) is 5.91 Å². The van der Waals surface area contributed by atoms with Gasteiger partial charge in [0.05, 0.1) is 17.0 Å². The second kappa shape index (κ2) is 7.04. The number of nitrogens with two attached hydrogens (primary N) is 1. The van der Waals surface area contributed by atoms with Gasteiger partial charge in [0.15, 0.2) is 12.0 Å². The van der Waals surface area contributed by atoms with Crippen molar-refractivity contribution >= 4 is 33.9 Å². The molecule has 1 aliphatic rings. The molecule has 4 aromatic rings. The number of carbonyl (C=O) groups is 1. The zero-order chi connectivity index (χ0) is 20.7. The molecule has 5 rings (SSSR count). The molecule has 1 saturated heterocycles. The average Bonchev–Trinajstić information content (AvgIpc) is 3.49. The Balaban J connectivity index is 1.55. The zero-order valence-corrected chi connectivity index (χ0v) is 16.1. The van der Waals surface area contributed by atoms with Gasteiger partial charge in [-0.25, -0.2) is 15.0 Å². The van der Waals surface area contributed by atoms with E-state index in [0.29, 0.717) is 18.9 Å². The van der Waals surface area contributed by atoms with Gasteiger partial charge < -0.3 is 19.6 Å². The highest BCUT2D eigenvalue weighted by Crippen LogP contribution is 2.30. The standard InChI is InChI=1S/C22H18N6O2/c1-2-19(29)27-8-7-16(11-27)28-10-15(20-21(23)24-12-25-22(20)28)5-3-14-4-6-18-17(9-14)26-13-30-18/h2,4,6,9-10,12-13,16H,1,7-8,11H2,(H2,23,24,25)/t16-/m0/s1. The fourth-order valence-electron chi connectivity index (χ4n) is 3.85. The van der Waals surface area contributed by atoms with Crippen molar-refractivity contribution in [2.24, 2.45) is 0 Å². The molecule has 3 aromatic heterocycles. The Bertz CT molecular complexity index is 1360. The van der Waals surface area contributed by atoms with Crippen molar-refractivity contribution < 1.29 is 9.21 Å². The minimum absolute atomic E-state index is 0.0636. The number of aromatic nitrogens is 4. The first-order valence-electron chi connectivity index (χ1n) is 9.51. The maximum atomic E-state index is 12.0. The maximum Gasteiger partial charge on any atom is 0.246 e. The number of hydrogen-bond acceptors (Lipinski definition) is 6. The van der Waals surface area contributed by atoms with Crippen molar-refractivity contribution in [3.63, 3.8) is 0 Å². The molecule has 8 nitrogen and oxygen atoms in total. The molecule has 148 valence electrons.